The molecule has 5 atom stereocenters. The van der Waals surface area contributed by atoms with Gasteiger partial charge in [0.05, 0.1) is 17.5 Å². The second kappa shape index (κ2) is 16.2. The van der Waals surface area contributed by atoms with Crippen LogP contribution in [0.5, 0.6) is 0 Å². The lowest BCUT2D eigenvalue weighted by Gasteiger charge is -2.30. The van der Waals surface area contributed by atoms with Gasteiger partial charge in [-0.15, -0.1) is 0 Å². The number of carbonyl (C=O) groups excluding carboxylic acids is 4. The number of carbonyl (C=O) groups is 4. The van der Waals surface area contributed by atoms with E-state index in [9.17, 15) is 27.6 Å². The third-order valence-corrected chi connectivity index (χ3v) is 13.6. The van der Waals surface area contributed by atoms with E-state index in [-0.39, 0.29) is 31.4 Å². The molecule has 288 valence electrons. The number of amides is 4. The molecule has 0 aromatic heterocycles. The number of oxime groups is 1. The van der Waals surface area contributed by atoms with Crippen molar-refractivity contribution < 1.29 is 37.2 Å². The highest BCUT2D eigenvalue weighted by Crippen LogP contribution is 2.46. The summed E-state index contributed by atoms with van der Waals surface area (Å²) in [4.78, 5) is 63.2. The molecule has 0 radical (unpaired) electrons. The van der Waals surface area contributed by atoms with Gasteiger partial charge in [-0.2, -0.15) is 0 Å². The fraction of sp³-hybridized carbons (Fsp3) is 0.667. The summed E-state index contributed by atoms with van der Waals surface area (Å²) in [5, 5.41) is 9.82. The van der Waals surface area contributed by atoms with Crippen LogP contribution in [-0.4, -0.2) is 84.5 Å². The van der Waals surface area contributed by atoms with Gasteiger partial charge in [-0.05, 0) is 76.2 Å². The second-order valence-corrected chi connectivity index (χ2v) is 17.8. The lowest BCUT2D eigenvalue weighted by Crippen LogP contribution is -2.58. The maximum Gasteiger partial charge on any atom is 0.408 e. The smallest absolute Gasteiger partial charge is 0.408 e. The van der Waals surface area contributed by atoms with Crippen molar-refractivity contribution in [3.8, 4) is 0 Å². The molecule has 0 spiro atoms. The highest BCUT2D eigenvalue weighted by atomic mass is 32.2. The lowest BCUT2D eigenvalue weighted by atomic mass is 9.83. The number of nitrogens with zero attached hydrogens (tertiary/aromatic N) is 2. The van der Waals surface area contributed by atoms with E-state index in [1.54, 1.807) is 0 Å². The number of alkyl carbamates (subject to hydrolysis) is 1. The molecule has 4 saturated carbocycles. The molecule has 0 unspecified atom stereocenters. The molecule has 14 heteroatoms. The van der Waals surface area contributed by atoms with Gasteiger partial charge in [0.15, 0.2) is 0 Å². The van der Waals surface area contributed by atoms with Crippen molar-refractivity contribution in [2.45, 2.75) is 144 Å². The summed E-state index contributed by atoms with van der Waals surface area (Å²) in [6.07, 6.45) is 15.1. The average Bonchev–Trinajstić information content (AvgIpc) is 4.06. The summed E-state index contributed by atoms with van der Waals surface area (Å²) in [5.41, 5.74) is 0.355. The monoisotopic (exact) mass is 751 g/mol. The number of benzene rings is 1. The Bertz CT molecular complexity index is 1690. The zero-order valence-electron chi connectivity index (χ0n) is 30.4. The number of hydrogen-bond donors (Lipinski definition) is 3. The maximum atomic E-state index is 14.5. The predicted octanol–water partition coefficient (Wildman–Crippen LogP) is 4.61. The highest BCUT2D eigenvalue weighted by molar-refractivity contribution is 7.91. The molecule has 1 aromatic carbocycles. The Kier molecular flexibility index (Phi) is 11.4. The Morgan fingerprint density at radius 3 is 2.34 bits per heavy atom. The van der Waals surface area contributed by atoms with Crippen LogP contribution in [0.3, 0.4) is 0 Å². The topological polar surface area (TPSA) is 173 Å². The minimum Gasteiger partial charge on any atom is -0.446 e. The summed E-state index contributed by atoms with van der Waals surface area (Å²) in [6.45, 7) is 0.0433. The van der Waals surface area contributed by atoms with Crippen molar-refractivity contribution in [1.29, 1.82) is 0 Å². The van der Waals surface area contributed by atoms with Gasteiger partial charge in [-0.3, -0.25) is 19.1 Å². The van der Waals surface area contributed by atoms with E-state index < -0.39 is 68.7 Å². The number of fused-ring (bicyclic) bond motifs is 2. The van der Waals surface area contributed by atoms with Crippen molar-refractivity contribution in [3.05, 3.63) is 48.0 Å². The van der Waals surface area contributed by atoms with E-state index in [1.165, 1.54) is 11.3 Å². The molecular formula is C39H53N5O8S. The Morgan fingerprint density at radius 1 is 0.887 bits per heavy atom. The van der Waals surface area contributed by atoms with Crippen LogP contribution in [-0.2, 0) is 34.0 Å². The largest absolute Gasteiger partial charge is 0.446 e. The predicted molar refractivity (Wildman–Crippen MR) is 197 cm³/mol. The van der Waals surface area contributed by atoms with Crippen LogP contribution in [0.2, 0.25) is 0 Å². The van der Waals surface area contributed by atoms with E-state index in [1.807, 2.05) is 42.5 Å². The molecule has 13 nitrogen and oxygen atoms in total. The zero-order chi connectivity index (χ0) is 37.0. The van der Waals surface area contributed by atoms with Crippen molar-refractivity contribution in [3.63, 3.8) is 0 Å². The molecule has 1 saturated heterocycles. The van der Waals surface area contributed by atoms with Crippen molar-refractivity contribution in [2.75, 3.05) is 6.54 Å². The molecule has 6 aliphatic rings. The van der Waals surface area contributed by atoms with E-state index in [4.69, 9.17) is 14.7 Å². The van der Waals surface area contributed by atoms with Crippen LogP contribution < -0.4 is 15.4 Å². The Balaban J connectivity index is 1.16. The fourth-order valence-electron chi connectivity index (χ4n) is 8.13. The number of rotatable bonds is 9. The van der Waals surface area contributed by atoms with Gasteiger partial charge in [-0.1, -0.05) is 79.7 Å². The third-order valence-electron chi connectivity index (χ3n) is 11.8. The molecule has 0 bridgehead atoms. The van der Waals surface area contributed by atoms with Gasteiger partial charge in [0.2, 0.25) is 21.8 Å². The zero-order valence-corrected chi connectivity index (χ0v) is 31.2. The van der Waals surface area contributed by atoms with Gasteiger partial charge < -0.3 is 25.1 Å². The molecule has 4 aliphatic carbocycles. The second-order valence-electron chi connectivity index (χ2n) is 15.8. The molecule has 4 amide bonds. The fourth-order valence-corrected chi connectivity index (χ4v) is 9.50. The van der Waals surface area contributed by atoms with E-state index >= 15 is 0 Å². The van der Waals surface area contributed by atoms with Crippen molar-refractivity contribution >= 4 is 39.5 Å². The number of nitrogens with one attached hydrogen (secondary N) is 3. The van der Waals surface area contributed by atoms with Crippen LogP contribution >= 0.6 is 0 Å². The first-order valence-electron chi connectivity index (χ1n) is 19.7. The minimum atomic E-state index is -3.87. The molecule has 1 aromatic rings. The first kappa shape index (κ1) is 37.4. The summed E-state index contributed by atoms with van der Waals surface area (Å²) < 4.78 is 33.5. The standard InChI is InChI=1S/C39H53N5O8S/c45-35-33-23-30(52-42-34(26-13-6-4-7-14-26)27-15-8-5-9-16-27)25-44(33)36(46)32(40-38(48)51-29-18-12-19-29)20-11-3-1-2-10-17-28-24-39(28,41-35)37(47)43-53(49,50)31-21-22-31/h4,6-7,10,13-14,17,27-33H,1-3,5,8-9,11-12,15-16,18-25H2,(H,40,48)(H,41,45)(H,43,47)/b17-10-,42-34-/t28-,30-,32+,33+,39+/m1/s1. The Hall–Kier alpha value is -3.94. The van der Waals surface area contributed by atoms with Gasteiger partial charge in [0.1, 0.15) is 29.8 Å². The van der Waals surface area contributed by atoms with Crippen LogP contribution in [0.15, 0.2) is 47.6 Å². The molecular weight excluding hydrogens is 699 g/mol. The molecule has 5 fully saturated rings. The molecule has 3 N–H and O–H groups in total. The molecule has 7 rings (SSSR count). The average molecular weight is 752 g/mol. The highest BCUT2D eigenvalue weighted by Gasteiger charge is 2.62. The SMILES string of the molecule is O=C(N[C@H]1CCCCC/C=C\[C@@H]2C[C@]2(C(=O)NS(=O)(=O)C2CC2)NC(=O)[C@@H]2C[C@@H](O/N=C(/c3ccccc3)C3CCCCC3)CN2C1=O)OC1CCC1. The van der Waals surface area contributed by atoms with Crippen molar-refractivity contribution in [1.82, 2.24) is 20.3 Å². The minimum absolute atomic E-state index is 0.0433. The van der Waals surface area contributed by atoms with Gasteiger partial charge in [-0.25, -0.2) is 13.2 Å². The maximum absolute atomic E-state index is 14.5. The normalized spacial score (nSPS) is 31.0. The number of sulfonamides is 1. The summed E-state index contributed by atoms with van der Waals surface area (Å²) >= 11 is 0. The lowest BCUT2D eigenvalue weighted by molar-refractivity contribution is -0.141. The van der Waals surface area contributed by atoms with Crippen molar-refractivity contribution in [2.24, 2.45) is 17.0 Å². The first-order chi connectivity index (χ1) is 25.6. The number of allylic oxidation sites excluding steroid dienone is 1. The quantitative estimate of drug-likeness (QED) is 0.187. The molecule has 2 heterocycles. The summed E-state index contributed by atoms with van der Waals surface area (Å²) in [6, 6.07) is 7.93. The number of ether oxygens (including phenoxy) is 1. The Morgan fingerprint density at radius 2 is 1.62 bits per heavy atom. The Labute approximate surface area is 312 Å². The van der Waals surface area contributed by atoms with Gasteiger partial charge in [0.25, 0.3) is 5.91 Å². The first-order valence-corrected chi connectivity index (χ1v) is 21.3. The van der Waals surface area contributed by atoms with Gasteiger partial charge >= 0.3 is 6.09 Å². The third kappa shape index (κ3) is 8.90. The van der Waals surface area contributed by atoms with E-state index in [0.717, 1.165) is 75.5 Å². The summed E-state index contributed by atoms with van der Waals surface area (Å²) in [7, 11) is -3.87. The van der Waals surface area contributed by atoms with Crippen LogP contribution in [0.25, 0.3) is 0 Å². The van der Waals surface area contributed by atoms with E-state index in [0.29, 0.717) is 25.7 Å². The molecule has 53 heavy (non-hydrogen) atoms. The van der Waals surface area contributed by atoms with Crippen LogP contribution in [0, 0.1) is 11.8 Å². The van der Waals surface area contributed by atoms with Crippen LogP contribution in [0.1, 0.15) is 115 Å². The summed E-state index contributed by atoms with van der Waals surface area (Å²) in [5.74, 6) is -1.94. The van der Waals surface area contributed by atoms with Crippen LogP contribution in [0.4, 0.5) is 4.79 Å². The number of hydrogen-bond acceptors (Lipinski definition) is 9. The molecule has 2 aliphatic heterocycles. The van der Waals surface area contributed by atoms with Gasteiger partial charge in [0, 0.05) is 18.3 Å². The van der Waals surface area contributed by atoms with E-state index in [2.05, 4.69) is 15.4 Å².